The van der Waals surface area contributed by atoms with E-state index in [9.17, 15) is 0 Å². The van der Waals surface area contributed by atoms with Crippen LogP contribution in [0.4, 0.5) is 0 Å². The van der Waals surface area contributed by atoms with Crippen molar-refractivity contribution in [3.63, 3.8) is 0 Å². The van der Waals surface area contributed by atoms with Crippen LogP contribution >= 0.6 is 0 Å². The van der Waals surface area contributed by atoms with Crippen molar-refractivity contribution >= 4 is 0 Å². The Bertz CT molecular complexity index is 64.6. The van der Waals surface area contributed by atoms with Crippen LogP contribution in [0.1, 0.15) is 13.3 Å². The molecular formula is C7H15N2. The highest BCUT2D eigenvalue weighted by atomic mass is 15.0. The molecule has 0 amide bonds. The van der Waals surface area contributed by atoms with Crippen LogP contribution in [-0.2, 0) is 0 Å². The second-order valence-corrected chi connectivity index (χ2v) is 2.50. The van der Waals surface area contributed by atoms with Crippen molar-refractivity contribution < 1.29 is 0 Å². The molecule has 0 saturated carbocycles. The molecule has 1 aliphatic heterocycles. The summed E-state index contributed by atoms with van der Waals surface area (Å²) in [5, 5.41) is 6.76. The summed E-state index contributed by atoms with van der Waals surface area (Å²) in [6.45, 7) is 5.49. The van der Waals surface area contributed by atoms with Gasteiger partial charge < -0.3 is 10.6 Å². The minimum absolute atomic E-state index is 0.684. The summed E-state index contributed by atoms with van der Waals surface area (Å²) >= 11 is 0. The predicted octanol–water partition coefficient (Wildman–Crippen LogP) is 0.162. The topological polar surface area (TPSA) is 24.1 Å². The highest BCUT2D eigenvalue weighted by molar-refractivity contribution is 4.78. The van der Waals surface area contributed by atoms with Crippen LogP contribution in [0.25, 0.3) is 0 Å². The van der Waals surface area contributed by atoms with Gasteiger partial charge in [0.1, 0.15) is 0 Å². The SMILES string of the molecule is C[CH]CC1CNCCN1. The molecule has 1 rings (SSSR count). The summed E-state index contributed by atoms with van der Waals surface area (Å²) < 4.78 is 0. The zero-order valence-electron chi connectivity index (χ0n) is 5.98. The highest BCUT2D eigenvalue weighted by Crippen LogP contribution is 1.95. The maximum absolute atomic E-state index is 3.43. The number of piperazine rings is 1. The molecule has 0 spiro atoms. The van der Waals surface area contributed by atoms with E-state index in [0.717, 1.165) is 19.6 Å². The Labute approximate surface area is 57.0 Å². The first-order valence-corrected chi connectivity index (χ1v) is 3.65. The van der Waals surface area contributed by atoms with Gasteiger partial charge in [-0.05, 0) is 12.8 Å². The van der Waals surface area contributed by atoms with E-state index in [-0.39, 0.29) is 0 Å². The predicted molar refractivity (Wildman–Crippen MR) is 39.3 cm³/mol. The Morgan fingerprint density at radius 3 is 3.00 bits per heavy atom. The first-order chi connectivity index (χ1) is 4.43. The zero-order valence-corrected chi connectivity index (χ0v) is 5.98. The average molecular weight is 127 g/mol. The van der Waals surface area contributed by atoms with Crippen molar-refractivity contribution in [1.82, 2.24) is 10.6 Å². The second kappa shape index (κ2) is 3.85. The van der Waals surface area contributed by atoms with Crippen molar-refractivity contribution in [1.29, 1.82) is 0 Å². The quantitative estimate of drug-likeness (QED) is 0.552. The minimum Gasteiger partial charge on any atom is -0.314 e. The maximum Gasteiger partial charge on any atom is 0.0195 e. The molecule has 1 atom stereocenters. The van der Waals surface area contributed by atoms with Crippen LogP contribution in [0, 0.1) is 6.42 Å². The number of hydrogen-bond acceptors (Lipinski definition) is 2. The van der Waals surface area contributed by atoms with E-state index >= 15 is 0 Å². The third-order valence-electron chi connectivity index (χ3n) is 1.65. The molecule has 1 fully saturated rings. The molecule has 1 aliphatic rings. The van der Waals surface area contributed by atoms with Crippen molar-refractivity contribution in [2.75, 3.05) is 19.6 Å². The molecule has 0 aromatic carbocycles. The third kappa shape index (κ3) is 2.33. The molecule has 2 N–H and O–H groups in total. The maximum atomic E-state index is 3.43. The summed E-state index contributed by atoms with van der Waals surface area (Å²) in [7, 11) is 0. The number of rotatable bonds is 2. The lowest BCUT2D eigenvalue weighted by Gasteiger charge is -2.23. The molecule has 2 heteroatoms. The highest BCUT2D eigenvalue weighted by Gasteiger charge is 2.09. The Hall–Kier alpha value is -0.0800. The van der Waals surface area contributed by atoms with Gasteiger partial charge in [0.25, 0.3) is 0 Å². The molecule has 0 aliphatic carbocycles. The van der Waals surface area contributed by atoms with Gasteiger partial charge in [-0.25, -0.2) is 0 Å². The van der Waals surface area contributed by atoms with Gasteiger partial charge in [-0.3, -0.25) is 0 Å². The first kappa shape index (κ1) is 7.03. The fourth-order valence-electron chi connectivity index (χ4n) is 1.16. The van der Waals surface area contributed by atoms with E-state index in [0.29, 0.717) is 6.04 Å². The van der Waals surface area contributed by atoms with Gasteiger partial charge >= 0.3 is 0 Å². The van der Waals surface area contributed by atoms with Gasteiger partial charge in [0.15, 0.2) is 0 Å². The first-order valence-electron chi connectivity index (χ1n) is 3.65. The van der Waals surface area contributed by atoms with E-state index in [1.807, 2.05) is 0 Å². The fourth-order valence-corrected chi connectivity index (χ4v) is 1.16. The van der Waals surface area contributed by atoms with Crippen LogP contribution in [0.3, 0.4) is 0 Å². The van der Waals surface area contributed by atoms with Crippen LogP contribution < -0.4 is 10.6 Å². The van der Waals surface area contributed by atoms with E-state index < -0.39 is 0 Å². The van der Waals surface area contributed by atoms with Crippen molar-refractivity contribution in [2.45, 2.75) is 19.4 Å². The lowest BCUT2D eigenvalue weighted by Crippen LogP contribution is -2.48. The number of hydrogen-bond donors (Lipinski definition) is 2. The Balaban J connectivity index is 2.08. The van der Waals surface area contributed by atoms with Crippen LogP contribution in [0.2, 0.25) is 0 Å². The van der Waals surface area contributed by atoms with E-state index in [1.54, 1.807) is 0 Å². The Kier molecular flexibility index (Phi) is 3.01. The van der Waals surface area contributed by atoms with Crippen molar-refractivity contribution in [3.05, 3.63) is 6.42 Å². The summed E-state index contributed by atoms with van der Waals surface area (Å²) in [6.07, 6.45) is 3.40. The standard InChI is InChI=1S/C7H15N2/c1-2-3-7-6-8-4-5-9-7/h2,7-9H,3-6H2,1H3. The van der Waals surface area contributed by atoms with Gasteiger partial charge in [0.2, 0.25) is 0 Å². The molecule has 9 heavy (non-hydrogen) atoms. The lowest BCUT2D eigenvalue weighted by atomic mass is 10.1. The van der Waals surface area contributed by atoms with E-state index in [4.69, 9.17) is 0 Å². The molecule has 0 aromatic rings. The molecule has 0 bridgehead atoms. The molecule has 0 aromatic heterocycles. The van der Waals surface area contributed by atoms with Crippen molar-refractivity contribution in [3.8, 4) is 0 Å². The summed E-state index contributed by atoms with van der Waals surface area (Å²) in [6, 6.07) is 0.684. The van der Waals surface area contributed by atoms with E-state index in [1.165, 1.54) is 6.42 Å². The van der Waals surface area contributed by atoms with Gasteiger partial charge in [-0.15, -0.1) is 0 Å². The monoisotopic (exact) mass is 127 g/mol. The molecule has 1 radical (unpaired) electrons. The Morgan fingerprint density at radius 2 is 2.44 bits per heavy atom. The number of nitrogens with one attached hydrogen (secondary N) is 2. The second-order valence-electron chi connectivity index (χ2n) is 2.50. The van der Waals surface area contributed by atoms with Crippen LogP contribution in [0.5, 0.6) is 0 Å². The minimum atomic E-state index is 0.684. The van der Waals surface area contributed by atoms with Gasteiger partial charge in [0.05, 0.1) is 0 Å². The average Bonchev–Trinajstić information content (AvgIpc) is 1.91. The molecule has 1 saturated heterocycles. The van der Waals surface area contributed by atoms with Crippen molar-refractivity contribution in [2.24, 2.45) is 0 Å². The summed E-state index contributed by atoms with van der Waals surface area (Å²) in [5.41, 5.74) is 0. The fraction of sp³-hybridized carbons (Fsp3) is 0.857. The third-order valence-corrected chi connectivity index (χ3v) is 1.65. The molecule has 2 nitrogen and oxygen atoms in total. The zero-order chi connectivity index (χ0) is 6.53. The summed E-state index contributed by atoms with van der Waals surface area (Å²) in [5.74, 6) is 0. The van der Waals surface area contributed by atoms with Crippen LogP contribution in [0.15, 0.2) is 0 Å². The molecule has 1 unspecified atom stereocenters. The van der Waals surface area contributed by atoms with E-state index in [2.05, 4.69) is 24.0 Å². The van der Waals surface area contributed by atoms with Gasteiger partial charge in [-0.2, -0.15) is 0 Å². The molecular weight excluding hydrogens is 112 g/mol. The van der Waals surface area contributed by atoms with Crippen LogP contribution in [-0.4, -0.2) is 25.7 Å². The largest absolute Gasteiger partial charge is 0.314 e. The normalized spacial score (nSPS) is 28.3. The summed E-state index contributed by atoms with van der Waals surface area (Å²) in [4.78, 5) is 0. The molecule has 1 heterocycles. The van der Waals surface area contributed by atoms with Gasteiger partial charge in [-0.1, -0.05) is 6.92 Å². The lowest BCUT2D eigenvalue weighted by molar-refractivity contribution is 0.414. The van der Waals surface area contributed by atoms with Gasteiger partial charge in [0, 0.05) is 25.7 Å². The molecule has 53 valence electrons. The smallest absolute Gasteiger partial charge is 0.0195 e. The Morgan fingerprint density at radius 1 is 1.56 bits per heavy atom.